The van der Waals surface area contributed by atoms with Crippen molar-refractivity contribution in [3.63, 3.8) is 0 Å². The number of methoxy groups -OCH3 is 2. The highest BCUT2D eigenvalue weighted by molar-refractivity contribution is 5.79. The molecular formula is C21H26N2O3. The van der Waals surface area contributed by atoms with Crippen LogP contribution in [-0.4, -0.2) is 56.1 Å². The van der Waals surface area contributed by atoms with Crippen molar-refractivity contribution in [3.05, 3.63) is 59.7 Å². The molecule has 3 rings (SSSR count). The minimum Gasteiger partial charge on any atom is -0.497 e. The van der Waals surface area contributed by atoms with Gasteiger partial charge in [0.1, 0.15) is 11.5 Å². The molecule has 2 aromatic rings. The largest absolute Gasteiger partial charge is 0.497 e. The third kappa shape index (κ3) is 4.76. The molecule has 1 heterocycles. The number of ether oxygens (including phenoxy) is 2. The van der Waals surface area contributed by atoms with Gasteiger partial charge in [0, 0.05) is 32.7 Å². The summed E-state index contributed by atoms with van der Waals surface area (Å²) in [5, 5.41) is 0. The molecule has 26 heavy (non-hydrogen) atoms. The summed E-state index contributed by atoms with van der Waals surface area (Å²) < 4.78 is 10.4. The second kappa shape index (κ2) is 8.72. The molecule has 1 saturated heterocycles. The summed E-state index contributed by atoms with van der Waals surface area (Å²) in [6, 6.07) is 15.9. The van der Waals surface area contributed by atoms with Gasteiger partial charge >= 0.3 is 0 Å². The van der Waals surface area contributed by atoms with Gasteiger partial charge in [0.2, 0.25) is 5.91 Å². The van der Waals surface area contributed by atoms with Gasteiger partial charge in [0.15, 0.2) is 0 Å². The van der Waals surface area contributed by atoms with Crippen LogP contribution in [0.15, 0.2) is 48.5 Å². The number of piperazine rings is 1. The van der Waals surface area contributed by atoms with E-state index >= 15 is 0 Å². The van der Waals surface area contributed by atoms with Crippen molar-refractivity contribution in [3.8, 4) is 11.5 Å². The molecule has 1 aliphatic rings. The standard InChI is InChI=1S/C21H26N2O3/c1-25-19-8-6-17(7-9-19)15-21(24)23-12-10-22(11-13-23)16-18-4-3-5-20(14-18)26-2/h3-9,14H,10-13,15-16H2,1-2H3. The second-order valence-corrected chi connectivity index (χ2v) is 6.53. The number of carbonyl (C=O) groups is 1. The molecular weight excluding hydrogens is 328 g/mol. The Bertz CT molecular complexity index is 722. The van der Waals surface area contributed by atoms with E-state index < -0.39 is 0 Å². The predicted molar refractivity (Wildman–Crippen MR) is 102 cm³/mol. The van der Waals surface area contributed by atoms with E-state index in [1.54, 1.807) is 14.2 Å². The summed E-state index contributed by atoms with van der Waals surface area (Å²) in [5.74, 6) is 1.89. The van der Waals surface area contributed by atoms with Gasteiger partial charge in [0.05, 0.1) is 20.6 Å². The third-order valence-electron chi connectivity index (χ3n) is 4.78. The maximum atomic E-state index is 12.5. The molecule has 5 heteroatoms. The van der Waals surface area contributed by atoms with Gasteiger partial charge in [-0.15, -0.1) is 0 Å². The Labute approximate surface area is 155 Å². The van der Waals surface area contributed by atoms with Gasteiger partial charge in [0.25, 0.3) is 0 Å². The molecule has 0 saturated carbocycles. The number of carbonyl (C=O) groups excluding carboxylic acids is 1. The highest BCUT2D eigenvalue weighted by atomic mass is 16.5. The lowest BCUT2D eigenvalue weighted by molar-refractivity contribution is -0.132. The molecule has 138 valence electrons. The lowest BCUT2D eigenvalue weighted by Crippen LogP contribution is -2.48. The van der Waals surface area contributed by atoms with Gasteiger partial charge in [-0.1, -0.05) is 24.3 Å². The smallest absolute Gasteiger partial charge is 0.227 e. The lowest BCUT2D eigenvalue weighted by Gasteiger charge is -2.35. The Kier molecular flexibility index (Phi) is 6.12. The molecule has 0 bridgehead atoms. The first-order valence-corrected chi connectivity index (χ1v) is 8.94. The summed E-state index contributed by atoms with van der Waals surface area (Å²) in [5.41, 5.74) is 2.26. The average molecular weight is 354 g/mol. The average Bonchev–Trinajstić information content (AvgIpc) is 2.69. The fraction of sp³-hybridized carbons (Fsp3) is 0.381. The van der Waals surface area contributed by atoms with Crippen LogP contribution in [0, 0.1) is 0 Å². The summed E-state index contributed by atoms with van der Waals surface area (Å²) >= 11 is 0. The molecule has 5 nitrogen and oxygen atoms in total. The molecule has 1 fully saturated rings. The molecule has 2 aromatic carbocycles. The van der Waals surface area contributed by atoms with E-state index in [-0.39, 0.29) is 5.91 Å². The second-order valence-electron chi connectivity index (χ2n) is 6.53. The van der Waals surface area contributed by atoms with Gasteiger partial charge in [-0.3, -0.25) is 9.69 Å². The van der Waals surface area contributed by atoms with Crippen LogP contribution in [0.3, 0.4) is 0 Å². The lowest BCUT2D eigenvalue weighted by atomic mass is 10.1. The van der Waals surface area contributed by atoms with E-state index in [0.717, 1.165) is 49.8 Å². The number of benzene rings is 2. The molecule has 0 atom stereocenters. The van der Waals surface area contributed by atoms with E-state index in [1.807, 2.05) is 41.3 Å². The van der Waals surface area contributed by atoms with E-state index in [0.29, 0.717) is 6.42 Å². The maximum absolute atomic E-state index is 12.5. The van der Waals surface area contributed by atoms with Crippen molar-refractivity contribution in [2.24, 2.45) is 0 Å². The van der Waals surface area contributed by atoms with E-state index in [9.17, 15) is 4.79 Å². The highest BCUT2D eigenvalue weighted by Gasteiger charge is 2.21. The summed E-state index contributed by atoms with van der Waals surface area (Å²) in [7, 11) is 3.33. The zero-order chi connectivity index (χ0) is 18.4. The van der Waals surface area contributed by atoms with E-state index in [2.05, 4.69) is 17.0 Å². The molecule has 0 unspecified atom stereocenters. The normalized spacial score (nSPS) is 14.9. The minimum absolute atomic E-state index is 0.191. The van der Waals surface area contributed by atoms with Crippen LogP contribution in [-0.2, 0) is 17.8 Å². The number of amides is 1. The van der Waals surface area contributed by atoms with Gasteiger partial charge in [-0.05, 0) is 35.4 Å². The van der Waals surface area contributed by atoms with Crippen LogP contribution in [0.2, 0.25) is 0 Å². The van der Waals surface area contributed by atoms with Crippen LogP contribution in [0.4, 0.5) is 0 Å². The van der Waals surface area contributed by atoms with Crippen LogP contribution < -0.4 is 9.47 Å². The number of rotatable bonds is 6. The van der Waals surface area contributed by atoms with Crippen molar-refractivity contribution in [2.75, 3.05) is 40.4 Å². The Morgan fingerprint density at radius 1 is 0.885 bits per heavy atom. The van der Waals surface area contributed by atoms with Crippen LogP contribution in [0.1, 0.15) is 11.1 Å². The Balaban J connectivity index is 1.48. The predicted octanol–water partition coefficient (Wildman–Crippen LogP) is 2.59. The molecule has 0 aromatic heterocycles. The monoisotopic (exact) mass is 354 g/mol. The molecule has 0 N–H and O–H groups in total. The van der Waals surface area contributed by atoms with Crippen molar-refractivity contribution >= 4 is 5.91 Å². The van der Waals surface area contributed by atoms with E-state index in [4.69, 9.17) is 9.47 Å². The highest BCUT2D eigenvalue weighted by Crippen LogP contribution is 2.16. The summed E-state index contributed by atoms with van der Waals surface area (Å²) in [4.78, 5) is 16.9. The first kappa shape index (κ1) is 18.3. The van der Waals surface area contributed by atoms with Gasteiger partial charge in [-0.25, -0.2) is 0 Å². The van der Waals surface area contributed by atoms with Crippen molar-refractivity contribution in [1.82, 2.24) is 9.80 Å². The number of nitrogens with zero attached hydrogens (tertiary/aromatic N) is 2. The summed E-state index contributed by atoms with van der Waals surface area (Å²) in [6.45, 7) is 4.23. The van der Waals surface area contributed by atoms with Crippen molar-refractivity contribution in [2.45, 2.75) is 13.0 Å². The van der Waals surface area contributed by atoms with Gasteiger partial charge in [-0.2, -0.15) is 0 Å². The zero-order valence-electron chi connectivity index (χ0n) is 15.5. The van der Waals surface area contributed by atoms with Crippen LogP contribution >= 0.6 is 0 Å². The first-order valence-electron chi connectivity index (χ1n) is 8.94. The summed E-state index contributed by atoms with van der Waals surface area (Å²) in [6.07, 6.45) is 0.444. The Hall–Kier alpha value is -2.53. The van der Waals surface area contributed by atoms with Crippen molar-refractivity contribution in [1.29, 1.82) is 0 Å². The molecule has 1 aliphatic heterocycles. The van der Waals surface area contributed by atoms with E-state index in [1.165, 1.54) is 5.56 Å². The third-order valence-corrected chi connectivity index (χ3v) is 4.78. The zero-order valence-corrected chi connectivity index (χ0v) is 15.5. The molecule has 0 radical (unpaired) electrons. The minimum atomic E-state index is 0.191. The molecule has 0 aliphatic carbocycles. The fourth-order valence-electron chi connectivity index (χ4n) is 3.21. The molecule has 1 amide bonds. The SMILES string of the molecule is COc1ccc(CC(=O)N2CCN(Cc3cccc(OC)c3)CC2)cc1. The first-order chi connectivity index (χ1) is 12.7. The maximum Gasteiger partial charge on any atom is 0.227 e. The van der Waals surface area contributed by atoms with Gasteiger partial charge < -0.3 is 14.4 Å². The number of hydrogen-bond donors (Lipinski definition) is 0. The topological polar surface area (TPSA) is 42.0 Å². The van der Waals surface area contributed by atoms with Crippen LogP contribution in [0.5, 0.6) is 11.5 Å². The van der Waals surface area contributed by atoms with Crippen molar-refractivity contribution < 1.29 is 14.3 Å². The Morgan fingerprint density at radius 2 is 1.58 bits per heavy atom. The quantitative estimate of drug-likeness (QED) is 0.800. The fourth-order valence-corrected chi connectivity index (χ4v) is 3.21. The Morgan fingerprint density at radius 3 is 2.23 bits per heavy atom. The van der Waals surface area contributed by atoms with Crippen LogP contribution in [0.25, 0.3) is 0 Å². The number of hydrogen-bond acceptors (Lipinski definition) is 4. The molecule has 0 spiro atoms.